The predicted octanol–water partition coefficient (Wildman–Crippen LogP) is 0.677. The quantitative estimate of drug-likeness (QED) is 0.321. The second kappa shape index (κ2) is 9.33. The number of benzene rings is 1. The Hall–Kier alpha value is -4.15. The zero-order chi connectivity index (χ0) is 23.4. The molecule has 0 aliphatic rings. The van der Waals surface area contributed by atoms with E-state index in [0.717, 1.165) is 11.3 Å². The van der Waals surface area contributed by atoms with Crippen molar-refractivity contribution < 1.29 is 24.6 Å². The number of amides is 1. The van der Waals surface area contributed by atoms with E-state index in [4.69, 9.17) is 15.9 Å². The van der Waals surface area contributed by atoms with Gasteiger partial charge in [-0.2, -0.15) is 4.98 Å². The molecule has 0 bridgehead atoms. The van der Waals surface area contributed by atoms with Gasteiger partial charge in [-0.25, -0.2) is 4.79 Å². The van der Waals surface area contributed by atoms with Crippen LogP contribution >= 0.6 is 0 Å². The molecule has 0 unspecified atom stereocenters. The number of carbonyl (C=O) groups excluding carboxylic acids is 1. The van der Waals surface area contributed by atoms with E-state index < -0.39 is 23.9 Å². The molecular weight excluding hydrogens is 418 g/mol. The molecule has 3 aromatic rings. The number of aromatic nitrogens is 3. The van der Waals surface area contributed by atoms with Gasteiger partial charge in [-0.05, 0) is 43.0 Å². The van der Waals surface area contributed by atoms with Gasteiger partial charge < -0.3 is 25.8 Å². The number of aliphatic carboxylic acids is 2. The number of nitrogen functional groups attached to an aromatic ring is 1. The van der Waals surface area contributed by atoms with Crippen molar-refractivity contribution in [1.29, 1.82) is 0 Å². The summed E-state index contributed by atoms with van der Waals surface area (Å²) >= 11 is 0. The smallest absolute Gasteiger partial charge is 0.326 e. The largest absolute Gasteiger partial charge is 0.481 e. The highest BCUT2D eigenvalue weighted by Crippen LogP contribution is 2.16. The minimum absolute atomic E-state index is 0.0530. The maximum atomic E-state index is 12.3. The molecule has 1 aromatic carbocycles. The van der Waals surface area contributed by atoms with Crippen molar-refractivity contribution in [2.24, 2.45) is 7.05 Å². The lowest BCUT2D eigenvalue weighted by atomic mass is 10.0. The van der Waals surface area contributed by atoms with Crippen molar-refractivity contribution in [3.63, 3.8) is 0 Å². The number of nitrogens with one attached hydrogen (secondary N) is 2. The van der Waals surface area contributed by atoms with Crippen LogP contribution in [0.1, 0.15) is 34.5 Å². The summed E-state index contributed by atoms with van der Waals surface area (Å²) in [7, 11) is 1.81. The molecule has 32 heavy (non-hydrogen) atoms. The minimum Gasteiger partial charge on any atom is -0.481 e. The van der Waals surface area contributed by atoms with E-state index >= 15 is 0 Å². The van der Waals surface area contributed by atoms with Gasteiger partial charge in [-0.1, -0.05) is 12.1 Å². The Bertz CT molecular complexity index is 1230. The number of aromatic amines is 1. The molecule has 0 aliphatic heterocycles. The van der Waals surface area contributed by atoms with Crippen LogP contribution in [0.5, 0.6) is 0 Å². The monoisotopic (exact) mass is 441 g/mol. The van der Waals surface area contributed by atoms with Gasteiger partial charge in [-0.3, -0.25) is 19.4 Å². The molecule has 0 spiro atoms. The number of carboxylic acids is 2. The Balaban J connectivity index is 1.65. The Morgan fingerprint density at radius 3 is 2.50 bits per heavy atom. The van der Waals surface area contributed by atoms with Crippen molar-refractivity contribution in [2.75, 3.05) is 5.73 Å². The standard InChI is InChI=1S/C21H23N5O6/c1-26-13(10-14-17(26)24-21(22)25-19(14)30)7-4-11-2-5-12(6-3-11)18(29)23-15(20(31)32)8-9-16(27)28/h2-3,5-6,10,15H,4,7-9H2,1H3,(H,23,29)(H,27,28)(H,31,32)(H3,22,24,25,30)/t15-/m0/s1. The Kier molecular flexibility index (Phi) is 6.57. The molecule has 1 atom stereocenters. The third-order valence-corrected chi connectivity index (χ3v) is 5.15. The average molecular weight is 441 g/mol. The van der Waals surface area contributed by atoms with Crippen molar-refractivity contribution in [1.82, 2.24) is 19.9 Å². The first-order chi connectivity index (χ1) is 15.2. The molecule has 6 N–H and O–H groups in total. The first-order valence-electron chi connectivity index (χ1n) is 9.84. The maximum Gasteiger partial charge on any atom is 0.326 e. The second-order valence-electron chi connectivity index (χ2n) is 7.38. The number of aryl methyl sites for hydroxylation is 3. The topological polar surface area (TPSA) is 180 Å². The normalized spacial score (nSPS) is 11.9. The van der Waals surface area contributed by atoms with Crippen molar-refractivity contribution in [3.8, 4) is 0 Å². The van der Waals surface area contributed by atoms with Crippen LogP contribution < -0.4 is 16.6 Å². The summed E-state index contributed by atoms with van der Waals surface area (Å²) in [5, 5.41) is 20.7. The summed E-state index contributed by atoms with van der Waals surface area (Å²) in [6.07, 6.45) is 0.686. The first-order valence-corrected chi connectivity index (χ1v) is 9.84. The van der Waals surface area contributed by atoms with Gasteiger partial charge in [0, 0.05) is 24.7 Å². The van der Waals surface area contributed by atoms with Crippen LogP contribution in [0, 0.1) is 0 Å². The zero-order valence-electron chi connectivity index (χ0n) is 17.3. The molecular formula is C21H23N5O6. The SMILES string of the molecule is Cn1c(CCc2ccc(C(=O)N[C@@H](CCC(=O)O)C(=O)O)cc2)cc2c(=O)[nH]c(N)nc21. The molecule has 2 aromatic heterocycles. The molecule has 0 saturated carbocycles. The number of carboxylic acid groups (broad SMARTS) is 2. The number of H-pyrrole nitrogens is 1. The van der Waals surface area contributed by atoms with Crippen molar-refractivity contribution in [2.45, 2.75) is 31.7 Å². The third-order valence-electron chi connectivity index (χ3n) is 5.15. The Morgan fingerprint density at radius 2 is 1.88 bits per heavy atom. The molecule has 0 radical (unpaired) electrons. The number of nitrogens with two attached hydrogens (primary N) is 1. The highest BCUT2D eigenvalue weighted by Gasteiger charge is 2.21. The Morgan fingerprint density at radius 1 is 1.19 bits per heavy atom. The van der Waals surface area contributed by atoms with Gasteiger partial charge in [0.05, 0.1) is 5.39 Å². The van der Waals surface area contributed by atoms with Gasteiger partial charge in [0.25, 0.3) is 11.5 Å². The summed E-state index contributed by atoms with van der Waals surface area (Å²) in [4.78, 5) is 52.9. The number of rotatable bonds is 9. The molecule has 1 amide bonds. The molecule has 0 fully saturated rings. The summed E-state index contributed by atoms with van der Waals surface area (Å²) in [5.41, 5.74) is 7.92. The van der Waals surface area contributed by atoms with Crippen LogP contribution in [0.25, 0.3) is 11.0 Å². The van der Waals surface area contributed by atoms with E-state index in [0.29, 0.717) is 23.9 Å². The number of hydrogen-bond acceptors (Lipinski definition) is 6. The number of carbonyl (C=O) groups is 3. The van der Waals surface area contributed by atoms with E-state index in [9.17, 15) is 19.2 Å². The average Bonchev–Trinajstić information content (AvgIpc) is 3.05. The van der Waals surface area contributed by atoms with Gasteiger partial charge in [0.1, 0.15) is 11.7 Å². The molecule has 168 valence electrons. The molecule has 11 nitrogen and oxygen atoms in total. The second-order valence-corrected chi connectivity index (χ2v) is 7.38. The number of nitrogens with zero attached hydrogens (tertiary/aromatic N) is 2. The highest BCUT2D eigenvalue weighted by molar-refractivity contribution is 5.96. The summed E-state index contributed by atoms with van der Waals surface area (Å²) < 4.78 is 1.81. The van der Waals surface area contributed by atoms with Gasteiger partial charge >= 0.3 is 11.9 Å². The molecule has 3 rings (SSSR count). The molecule has 2 heterocycles. The summed E-state index contributed by atoms with van der Waals surface area (Å²) in [6.45, 7) is 0. The van der Waals surface area contributed by atoms with E-state index in [-0.39, 0.29) is 29.9 Å². The van der Waals surface area contributed by atoms with E-state index in [2.05, 4.69) is 15.3 Å². The molecule has 0 saturated heterocycles. The van der Waals surface area contributed by atoms with Crippen molar-refractivity contribution in [3.05, 3.63) is 57.5 Å². The summed E-state index contributed by atoms with van der Waals surface area (Å²) in [6, 6.07) is 7.16. The number of hydrogen-bond donors (Lipinski definition) is 5. The Labute approximate surface area is 181 Å². The van der Waals surface area contributed by atoms with E-state index in [1.807, 2.05) is 4.57 Å². The van der Waals surface area contributed by atoms with Gasteiger partial charge in [-0.15, -0.1) is 0 Å². The minimum atomic E-state index is -1.29. The van der Waals surface area contributed by atoms with E-state index in [1.165, 1.54) is 0 Å². The summed E-state index contributed by atoms with van der Waals surface area (Å²) in [5.74, 6) is -2.96. The number of fused-ring (bicyclic) bond motifs is 1. The fourth-order valence-corrected chi connectivity index (χ4v) is 3.37. The maximum absolute atomic E-state index is 12.3. The lowest BCUT2D eigenvalue weighted by Crippen LogP contribution is -2.41. The zero-order valence-corrected chi connectivity index (χ0v) is 17.3. The van der Waals surface area contributed by atoms with Crippen LogP contribution in [0.3, 0.4) is 0 Å². The lowest BCUT2D eigenvalue weighted by Gasteiger charge is -2.13. The fraction of sp³-hybridized carbons (Fsp3) is 0.286. The van der Waals surface area contributed by atoms with Crippen molar-refractivity contribution >= 4 is 34.8 Å². The van der Waals surface area contributed by atoms with E-state index in [1.54, 1.807) is 37.4 Å². The van der Waals surface area contributed by atoms with Crippen LogP contribution in [-0.4, -0.2) is 48.6 Å². The van der Waals surface area contributed by atoms with Gasteiger partial charge in [0.2, 0.25) is 5.95 Å². The van der Waals surface area contributed by atoms with Gasteiger partial charge in [0.15, 0.2) is 0 Å². The predicted molar refractivity (Wildman–Crippen MR) is 115 cm³/mol. The molecule has 11 heteroatoms. The van der Waals surface area contributed by atoms with Crippen LogP contribution in [0.15, 0.2) is 35.1 Å². The van der Waals surface area contributed by atoms with Crippen LogP contribution in [0.2, 0.25) is 0 Å². The highest BCUT2D eigenvalue weighted by atomic mass is 16.4. The fourth-order valence-electron chi connectivity index (χ4n) is 3.37. The lowest BCUT2D eigenvalue weighted by molar-refractivity contribution is -0.140. The number of anilines is 1. The van der Waals surface area contributed by atoms with Crippen LogP contribution in [0.4, 0.5) is 5.95 Å². The first kappa shape index (κ1) is 22.5. The third kappa shape index (κ3) is 5.12. The molecule has 0 aliphatic carbocycles. The van der Waals surface area contributed by atoms with Crippen LogP contribution in [-0.2, 0) is 29.5 Å².